The van der Waals surface area contributed by atoms with Gasteiger partial charge in [-0.1, -0.05) is 12.1 Å². The number of carbonyl (C=O) groups is 2. The van der Waals surface area contributed by atoms with Crippen molar-refractivity contribution in [3.05, 3.63) is 47.5 Å². The third-order valence-electron chi connectivity index (χ3n) is 3.58. The van der Waals surface area contributed by atoms with Gasteiger partial charge in [-0.25, -0.2) is 5.01 Å². The number of phenolic OH excluding ortho intramolecular Hbond substituents is 4. The first-order valence-corrected chi connectivity index (χ1v) is 8.20. The molecule has 3 rings (SSSR count). The van der Waals surface area contributed by atoms with Crippen LogP contribution in [0.1, 0.15) is 21.3 Å². The van der Waals surface area contributed by atoms with Crippen LogP contribution in [0.5, 0.6) is 23.0 Å². The van der Waals surface area contributed by atoms with Crippen molar-refractivity contribution in [2.45, 2.75) is 5.37 Å². The molecule has 25 heavy (non-hydrogen) atoms. The van der Waals surface area contributed by atoms with Crippen molar-refractivity contribution in [3.8, 4) is 23.0 Å². The number of rotatable bonds is 3. The lowest BCUT2D eigenvalue weighted by atomic mass is 10.1. The van der Waals surface area contributed by atoms with E-state index in [1.807, 2.05) is 0 Å². The number of amides is 2. The number of nitrogens with zero attached hydrogens (tertiary/aromatic N) is 1. The second-order valence-electron chi connectivity index (χ2n) is 5.33. The quantitative estimate of drug-likeness (QED) is 0.522. The fraction of sp³-hybridized carbons (Fsp3) is 0.125. The number of hydrogen-bond acceptors (Lipinski definition) is 7. The van der Waals surface area contributed by atoms with Gasteiger partial charge in [0, 0.05) is 5.56 Å². The van der Waals surface area contributed by atoms with Crippen LogP contribution < -0.4 is 5.43 Å². The first-order chi connectivity index (χ1) is 11.9. The fourth-order valence-electron chi connectivity index (χ4n) is 2.38. The summed E-state index contributed by atoms with van der Waals surface area (Å²) in [5.74, 6) is -2.94. The summed E-state index contributed by atoms with van der Waals surface area (Å²) in [4.78, 5) is 24.4. The Morgan fingerprint density at radius 3 is 2.44 bits per heavy atom. The smallest absolute Gasteiger partial charge is 0.270 e. The van der Waals surface area contributed by atoms with Gasteiger partial charge in [0.2, 0.25) is 0 Å². The van der Waals surface area contributed by atoms with Gasteiger partial charge in [0.1, 0.15) is 11.1 Å². The van der Waals surface area contributed by atoms with Crippen molar-refractivity contribution in [3.63, 3.8) is 0 Å². The molecule has 9 heteroatoms. The van der Waals surface area contributed by atoms with E-state index in [1.54, 1.807) is 12.1 Å². The molecular formula is C16H14N2O6S. The van der Waals surface area contributed by atoms with Crippen LogP contribution in [0.3, 0.4) is 0 Å². The van der Waals surface area contributed by atoms with Crippen molar-refractivity contribution < 1.29 is 30.0 Å². The van der Waals surface area contributed by atoms with Gasteiger partial charge in [-0.2, -0.15) is 0 Å². The van der Waals surface area contributed by atoms with Gasteiger partial charge >= 0.3 is 0 Å². The molecule has 1 aliphatic rings. The molecule has 1 unspecified atom stereocenters. The van der Waals surface area contributed by atoms with Crippen molar-refractivity contribution in [1.29, 1.82) is 0 Å². The minimum absolute atomic E-state index is 0.0390. The Bertz CT molecular complexity index is 833. The van der Waals surface area contributed by atoms with Crippen LogP contribution in [0.25, 0.3) is 0 Å². The first-order valence-electron chi connectivity index (χ1n) is 7.15. The van der Waals surface area contributed by atoms with Crippen molar-refractivity contribution in [2.24, 2.45) is 0 Å². The summed E-state index contributed by atoms with van der Waals surface area (Å²) in [6.45, 7) is 0. The van der Waals surface area contributed by atoms with Gasteiger partial charge < -0.3 is 20.4 Å². The summed E-state index contributed by atoms with van der Waals surface area (Å²) in [5.41, 5.74) is 2.93. The Kier molecular flexibility index (Phi) is 4.32. The number of aromatic hydroxyl groups is 4. The molecule has 5 N–H and O–H groups in total. The molecule has 2 amide bonds. The number of nitrogens with one attached hydrogen (secondary N) is 1. The van der Waals surface area contributed by atoms with Crippen LogP contribution in [-0.2, 0) is 4.79 Å². The van der Waals surface area contributed by atoms with E-state index in [0.29, 0.717) is 5.56 Å². The summed E-state index contributed by atoms with van der Waals surface area (Å²) in [5, 5.41) is 38.5. The van der Waals surface area contributed by atoms with Gasteiger partial charge in [-0.3, -0.25) is 15.0 Å². The lowest BCUT2D eigenvalue weighted by molar-refractivity contribution is -0.130. The molecule has 1 aliphatic heterocycles. The van der Waals surface area contributed by atoms with Crippen LogP contribution in [0, 0.1) is 0 Å². The number of hydrazine groups is 1. The molecule has 130 valence electrons. The number of thioether (sulfide) groups is 1. The molecule has 0 spiro atoms. The number of phenols is 4. The van der Waals surface area contributed by atoms with Crippen LogP contribution >= 0.6 is 11.8 Å². The third-order valence-corrected chi connectivity index (χ3v) is 4.79. The van der Waals surface area contributed by atoms with Crippen molar-refractivity contribution in [2.75, 3.05) is 5.75 Å². The van der Waals surface area contributed by atoms with E-state index >= 15 is 0 Å². The topological polar surface area (TPSA) is 130 Å². The maximum atomic E-state index is 12.3. The Morgan fingerprint density at radius 2 is 1.80 bits per heavy atom. The molecule has 1 heterocycles. The largest absolute Gasteiger partial charge is 0.508 e. The zero-order valence-corrected chi connectivity index (χ0v) is 13.5. The van der Waals surface area contributed by atoms with Gasteiger partial charge in [0.05, 0.1) is 5.75 Å². The van der Waals surface area contributed by atoms with Crippen LogP contribution in [-0.4, -0.2) is 43.0 Å². The molecule has 0 aliphatic carbocycles. The molecule has 0 radical (unpaired) electrons. The summed E-state index contributed by atoms with van der Waals surface area (Å²) in [7, 11) is 0. The van der Waals surface area contributed by atoms with E-state index in [4.69, 9.17) is 0 Å². The lowest BCUT2D eigenvalue weighted by Crippen LogP contribution is -2.44. The van der Waals surface area contributed by atoms with Gasteiger partial charge in [-0.05, 0) is 29.8 Å². The van der Waals surface area contributed by atoms with E-state index in [2.05, 4.69) is 5.43 Å². The highest BCUT2D eigenvalue weighted by molar-refractivity contribution is 8.00. The number of carbonyl (C=O) groups excluding carboxylic acids is 2. The zero-order valence-electron chi connectivity index (χ0n) is 12.7. The predicted molar refractivity (Wildman–Crippen MR) is 89.1 cm³/mol. The average Bonchev–Trinajstić information content (AvgIpc) is 2.93. The molecule has 0 bridgehead atoms. The van der Waals surface area contributed by atoms with Crippen molar-refractivity contribution in [1.82, 2.24) is 10.4 Å². The van der Waals surface area contributed by atoms with Crippen LogP contribution in [0.2, 0.25) is 0 Å². The minimum Gasteiger partial charge on any atom is -0.508 e. The summed E-state index contributed by atoms with van der Waals surface area (Å²) in [6, 6.07) is 8.28. The Labute approximate surface area is 146 Å². The Balaban J connectivity index is 1.84. The molecule has 1 saturated heterocycles. The second-order valence-corrected chi connectivity index (χ2v) is 6.39. The first kappa shape index (κ1) is 16.8. The summed E-state index contributed by atoms with van der Waals surface area (Å²) in [6.07, 6.45) is 0. The monoisotopic (exact) mass is 362 g/mol. The third kappa shape index (κ3) is 3.26. The van der Waals surface area contributed by atoms with E-state index in [9.17, 15) is 30.0 Å². The maximum Gasteiger partial charge on any atom is 0.270 e. The predicted octanol–water partition coefficient (Wildman–Crippen LogP) is 1.43. The highest BCUT2D eigenvalue weighted by atomic mass is 32.2. The molecule has 1 atom stereocenters. The summed E-state index contributed by atoms with van der Waals surface area (Å²) < 4.78 is 0. The fourth-order valence-corrected chi connectivity index (χ4v) is 3.48. The number of benzene rings is 2. The highest BCUT2D eigenvalue weighted by Gasteiger charge is 2.34. The highest BCUT2D eigenvalue weighted by Crippen LogP contribution is 2.39. The maximum absolute atomic E-state index is 12.3. The lowest BCUT2D eigenvalue weighted by Gasteiger charge is -2.24. The second kappa shape index (κ2) is 6.44. The Morgan fingerprint density at radius 1 is 1.12 bits per heavy atom. The standard InChI is InChI=1S/C16H14N2O6S/c19-10-3-1-2-8(4-10)16-18(13(22)7-25-16)17-15(24)9-5-11(20)14(23)12(21)6-9/h1-6,16,19-21,23H,7H2,(H,17,24). The molecule has 8 nitrogen and oxygen atoms in total. The van der Waals surface area contributed by atoms with Gasteiger partial charge in [0.15, 0.2) is 17.2 Å². The van der Waals surface area contributed by atoms with E-state index in [0.717, 1.165) is 17.1 Å². The van der Waals surface area contributed by atoms with Crippen LogP contribution in [0.15, 0.2) is 36.4 Å². The average molecular weight is 362 g/mol. The van der Waals surface area contributed by atoms with Crippen molar-refractivity contribution >= 4 is 23.6 Å². The van der Waals surface area contributed by atoms with E-state index < -0.39 is 28.5 Å². The van der Waals surface area contributed by atoms with Crippen LogP contribution in [0.4, 0.5) is 0 Å². The van der Waals surface area contributed by atoms with Gasteiger partial charge in [-0.15, -0.1) is 11.8 Å². The molecule has 1 fully saturated rings. The molecular weight excluding hydrogens is 348 g/mol. The normalized spacial score (nSPS) is 16.9. The SMILES string of the molecule is O=C(NN1C(=O)CSC1c1cccc(O)c1)c1cc(O)c(O)c(O)c1. The molecule has 2 aromatic rings. The summed E-state index contributed by atoms with van der Waals surface area (Å²) >= 11 is 1.28. The van der Waals surface area contributed by atoms with E-state index in [-0.39, 0.29) is 23.0 Å². The molecule has 0 saturated carbocycles. The minimum atomic E-state index is -0.744. The van der Waals surface area contributed by atoms with E-state index in [1.165, 1.54) is 23.9 Å². The molecule has 0 aromatic heterocycles. The molecule has 2 aromatic carbocycles. The Hall–Kier alpha value is -3.07. The van der Waals surface area contributed by atoms with Gasteiger partial charge in [0.25, 0.3) is 11.8 Å². The number of hydrogen-bond donors (Lipinski definition) is 5. The zero-order chi connectivity index (χ0) is 18.1.